The van der Waals surface area contributed by atoms with Crippen LogP contribution in [0.5, 0.6) is 5.75 Å². The van der Waals surface area contributed by atoms with E-state index in [1.807, 2.05) is 72.8 Å². The molecule has 0 atom stereocenters. The van der Waals surface area contributed by atoms with Crippen molar-refractivity contribution in [2.75, 3.05) is 33.3 Å². The fraction of sp³-hybridized carbons (Fsp3) is 0.256. The van der Waals surface area contributed by atoms with Crippen molar-refractivity contribution in [3.63, 3.8) is 0 Å². The summed E-state index contributed by atoms with van der Waals surface area (Å²) in [5, 5.41) is 15.4. The van der Waals surface area contributed by atoms with Crippen LogP contribution in [0.15, 0.2) is 108 Å². The van der Waals surface area contributed by atoms with Crippen LogP contribution in [-0.4, -0.2) is 80.6 Å². The van der Waals surface area contributed by atoms with Gasteiger partial charge in [0, 0.05) is 37.8 Å². The zero-order valence-corrected chi connectivity index (χ0v) is 30.3. The van der Waals surface area contributed by atoms with E-state index in [0.717, 1.165) is 53.2 Å². The Kier molecular flexibility index (Phi) is 14.5. The van der Waals surface area contributed by atoms with Gasteiger partial charge < -0.3 is 25.0 Å². The first-order chi connectivity index (χ1) is 25.6. The summed E-state index contributed by atoms with van der Waals surface area (Å²) < 4.78 is 60.5. The number of carbonyl (C=O) groups is 3. The number of nitrogens with zero attached hydrogens (tertiary/aromatic N) is 2. The lowest BCUT2D eigenvalue weighted by Gasteiger charge is -2.22. The van der Waals surface area contributed by atoms with Gasteiger partial charge in [0.15, 0.2) is 0 Å². The van der Waals surface area contributed by atoms with Crippen LogP contribution in [0.1, 0.15) is 39.9 Å². The van der Waals surface area contributed by atoms with E-state index in [1.54, 1.807) is 30.2 Å². The number of nitrogens with two attached hydrogens (primary N) is 1. The van der Waals surface area contributed by atoms with E-state index in [2.05, 4.69) is 10.2 Å². The summed E-state index contributed by atoms with van der Waals surface area (Å²) in [5.41, 5.74) is 4.91. The molecule has 1 fully saturated rings. The Morgan fingerprint density at radius 2 is 1.48 bits per heavy atom. The fourth-order valence-electron chi connectivity index (χ4n) is 5.55. The largest absolute Gasteiger partial charge is 0.497 e. The molecule has 0 unspecified atom stereocenters. The number of carboxylic acids is 1. The summed E-state index contributed by atoms with van der Waals surface area (Å²) in [7, 11) is -2.23. The number of likely N-dealkylation sites (tertiary alicyclic amines) is 1. The minimum Gasteiger partial charge on any atom is -0.497 e. The Morgan fingerprint density at radius 3 is 2.07 bits per heavy atom. The number of ether oxygens (including phenoxy) is 1. The fourth-order valence-corrected chi connectivity index (χ4v) is 6.07. The summed E-state index contributed by atoms with van der Waals surface area (Å²) in [4.78, 5) is 39.4. The smallest absolute Gasteiger partial charge is 0.490 e. The molecule has 0 aromatic heterocycles. The topological polar surface area (TPSA) is 159 Å². The summed E-state index contributed by atoms with van der Waals surface area (Å²) in [6, 6.07) is 29.0. The second-order valence-electron chi connectivity index (χ2n) is 12.4. The number of primary sulfonamides is 1. The highest BCUT2D eigenvalue weighted by atomic mass is 32.2. The van der Waals surface area contributed by atoms with Gasteiger partial charge in [-0.1, -0.05) is 54.6 Å². The van der Waals surface area contributed by atoms with E-state index in [-0.39, 0.29) is 23.3 Å². The van der Waals surface area contributed by atoms with Gasteiger partial charge in [0.25, 0.3) is 5.91 Å². The maximum atomic E-state index is 13.6. The van der Waals surface area contributed by atoms with Crippen molar-refractivity contribution < 1.29 is 45.8 Å². The lowest BCUT2D eigenvalue weighted by atomic mass is 10.0. The molecule has 1 aliphatic rings. The number of methoxy groups -OCH3 is 1. The number of sulfonamides is 1. The molecule has 4 N–H and O–H groups in total. The van der Waals surface area contributed by atoms with Crippen molar-refractivity contribution in [1.29, 1.82) is 0 Å². The molecule has 54 heavy (non-hydrogen) atoms. The van der Waals surface area contributed by atoms with Crippen LogP contribution in [0, 0.1) is 0 Å². The molecular formula is C39H41F3N4O7S. The summed E-state index contributed by atoms with van der Waals surface area (Å²) >= 11 is 0. The molecule has 0 radical (unpaired) electrons. The maximum Gasteiger partial charge on any atom is 0.490 e. The van der Waals surface area contributed by atoms with Gasteiger partial charge >= 0.3 is 12.1 Å². The van der Waals surface area contributed by atoms with Crippen molar-refractivity contribution in [1.82, 2.24) is 15.1 Å². The van der Waals surface area contributed by atoms with Crippen molar-refractivity contribution in [3.05, 3.63) is 125 Å². The summed E-state index contributed by atoms with van der Waals surface area (Å²) in [6.07, 6.45) is 0.624. The van der Waals surface area contributed by atoms with Crippen molar-refractivity contribution in [3.8, 4) is 16.9 Å². The molecule has 15 heteroatoms. The minimum atomic E-state index is -5.08. The van der Waals surface area contributed by atoms with Gasteiger partial charge in [0.1, 0.15) is 5.75 Å². The van der Waals surface area contributed by atoms with E-state index in [9.17, 15) is 31.2 Å². The molecule has 0 aliphatic carbocycles. The lowest BCUT2D eigenvalue weighted by molar-refractivity contribution is -0.192. The highest BCUT2D eigenvalue weighted by Crippen LogP contribution is 2.24. The van der Waals surface area contributed by atoms with Gasteiger partial charge in [-0.15, -0.1) is 0 Å². The molecule has 1 heterocycles. The molecule has 286 valence electrons. The van der Waals surface area contributed by atoms with Crippen molar-refractivity contribution in [2.24, 2.45) is 5.14 Å². The number of amides is 2. The summed E-state index contributed by atoms with van der Waals surface area (Å²) in [6.45, 7) is 4.19. The first-order valence-electron chi connectivity index (χ1n) is 16.9. The van der Waals surface area contributed by atoms with Crippen LogP contribution in [0.4, 0.5) is 13.2 Å². The summed E-state index contributed by atoms with van der Waals surface area (Å²) in [5.74, 6) is -2.35. The van der Waals surface area contributed by atoms with E-state index < -0.39 is 22.2 Å². The Balaban J connectivity index is 0.000000845. The number of carbonyl (C=O) groups excluding carboxylic acids is 2. The molecule has 0 saturated carbocycles. The van der Waals surface area contributed by atoms with Gasteiger partial charge in [-0.25, -0.2) is 18.4 Å². The Bertz CT molecular complexity index is 2030. The van der Waals surface area contributed by atoms with Gasteiger partial charge in [-0.05, 0) is 102 Å². The molecular weight excluding hydrogens is 726 g/mol. The van der Waals surface area contributed by atoms with Gasteiger partial charge in [0.05, 0.1) is 12.0 Å². The zero-order valence-electron chi connectivity index (χ0n) is 29.5. The quantitative estimate of drug-likeness (QED) is 0.146. The molecule has 0 spiro atoms. The highest BCUT2D eigenvalue weighted by Gasteiger charge is 2.38. The van der Waals surface area contributed by atoms with E-state index >= 15 is 0 Å². The zero-order chi connectivity index (χ0) is 39.3. The normalized spacial score (nSPS) is 13.2. The third-order valence-electron chi connectivity index (χ3n) is 8.38. The average Bonchev–Trinajstić information content (AvgIpc) is 3.67. The molecule has 4 aromatic carbocycles. The third kappa shape index (κ3) is 12.9. The number of nitrogens with one attached hydrogen (secondary N) is 1. The van der Waals surface area contributed by atoms with Gasteiger partial charge in [-0.3, -0.25) is 9.59 Å². The number of rotatable bonds is 13. The molecule has 1 saturated heterocycles. The first-order valence-corrected chi connectivity index (χ1v) is 18.4. The average molecular weight is 767 g/mol. The number of hydrogen-bond donors (Lipinski definition) is 3. The third-order valence-corrected chi connectivity index (χ3v) is 9.31. The lowest BCUT2D eigenvalue weighted by Crippen LogP contribution is -2.33. The highest BCUT2D eigenvalue weighted by molar-refractivity contribution is 7.89. The number of benzene rings is 4. The molecule has 4 aromatic rings. The Labute approximate surface area is 311 Å². The predicted octanol–water partition coefficient (Wildman–Crippen LogP) is 5.71. The van der Waals surface area contributed by atoms with Crippen LogP contribution in [0.3, 0.4) is 0 Å². The number of aliphatic carboxylic acids is 1. The maximum absolute atomic E-state index is 13.6. The monoisotopic (exact) mass is 766 g/mol. The number of hydrogen-bond acceptors (Lipinski definition) is 7. The molecule has 0 bridgehead atoms. The van der Waals surface area contributed by atoms with Crippen LogP contribution >= 0.6 is 0 Å². The van der Waals surface area contributed by atoms with Crippen molar-refractivity contribution in [2.45, 2.75) is 37.0 Å². The molecule has 2 amide bonds. The predicted molar refractivity (Wildman–Crippen MR) is 198 cm³/mol. The van der Waals surface area contributed by atoms with Crippen molar-refractivity contribution >= 4 is 33.9 Å². The number of halogens is 3. The van der Waals surface area contributed by atoms with Crippen LogP contribution < -0.4 is 15.2 Å². The van der Waals surface area contributed by atoms with E-state index in [0.29, 0.717) is 18.7 Å². The van der Waals surface area contributed by atoms with Crippen LogP contribution in [0.2, 0.25) is 0 Å². The van der Waals surface area contributed by atoms with Crippen LogP contribution in [-0.2, 0) is 32.7 Å². The number of alkyl halides is 3. The first kappa shape index (κ1) is 41.2. The molecule has 1 aliphatic heterocycles. The minimum absolute atomic E-state index is 0.00809. The standard InChI is InChI=1S/C37H40N4O5S.C2HF3O2/c1-46-34-15-10-28(11-16-34)14-19-36(42)41(26-29-12-17-35(18-13-29)47(38,44)45)27-30-6-4-7-31(24-30)32-8-5-9-33(25-32)37(43)39-20-23-40-21-2-3-22-40;3-2(4,5)1(6)7/h4-19,24-25H,2-3,20-23,26-27H2,1H3,(H,39,43)(H2,38,44,45);(H,6,7)/b19-14+;. The van der Waals surface area contributed by atoms with Gasteiger partial charge in [0.2, 0.25) is 15.9 Å². The Morgan fingerprint density at radius 1 is 0.889 bits per heavy atom. The van der Waals surface area contributed by atoms with E-state index in [1.165, 1.54) is 31.1 Å². The number of carboxylic acid groups (broad SMARTS) is 1. The second kappa shape index (κ2) is 19.0. The Hall–Kier alpha value is -5.51. The molecule has 11 nitrogen and oxygen atoms in total. The second-order valence-corrected chi connectivity index (χ2v) is 13.9. The van der Waals surface area contributed by atoms with Gasteiger partial charge in [-0.2, -0.15) is 13.2 Å². The molecule has 5 rings (SSSR count). The SMILES string of the molecule is COc1ccc(/C=C/C(=O)N(Cc2ccc(S(N)(=O)=O)cc2)Cc2cccc(-c3cccc(C(=O)NCCN4CCCC4)c3)c2)cc1.O=C(O)C(F)(F)F. The van der Waals surface area contributed by atoms with E-state index in [4.69, 9.17) is 19.8 Å². The van der Waals surface area contributed by atoms with Crippen LogP contribution in [0.25, 0.3) is 17.2 Å².